The van der Waals surface area contributed by atoms with E-state index in [1.54, 1.807) is 0 Å². The van der Waals surface area contributed by atoms with Gasteiger partial charge in [0.05, 0.1) is 4.83 Å². The maximum atomic E-state index is 13.7. The van der Waals surface area contributed by atoms with E-state index in [1.807, 2.05) is 0 Å². The summed E-state index contributed by atoms with van der Waals surface area (Å²) in [6.07, 6.45) is 0. The van der Waals surface area contributed by atoms with Gasteiger partial charge in [-0.1, -0.05) is 15.9 Å². The molecule has 2 aromatic carbocycles. The zero-order chi connectivity index (χ0) is 15.0. The van der Waals surface area contributed by atoms with Crippen LogP contribution in [-0.4, -0.2) is 0 Å². The van der Waals surface area contributed by atoms with Crippen LogP contribution in [0.3, 0.4) is 0 Å². The molecule has 0 saturated heterocycles. The van der Waals surface area contributed by atoms with Gasteiger partial charge in [0.25, 0.3) is 0 Å². The molecule has 2 aromatic rings. The maximum absolute atomic E-state index is 13.7. The van der Waals surface area contributed by atoms with Gasteiger partial charge in [-0.2, -0.15) is 0 Å². The lowest BCUT2D eigenvalue weighted by Crippen LogP contribution is -2.03. The van der Waals surface area contributed by atoms with Gasteiger partial charge >= 0.3 is 0 Å². The largest absolute Gasteiger partial charge is 0.207 e. The molecule has 2 rings (SSSR count). The van der Waals surface area contributed by atoms with Crippen LogP contribution in [0, 0.1) is 36.0 Å². The number of aryl methyl sites for hydroxylation is 1. The van der Waals surface area contributed by atoms with E-state index in [0.717, 1.165) is 0 Å². The fourth-order valence-corrected chi connectivity index (χ4v) is 2.48. The molecule has 0 N–H and O–H groups in total. The Kier molecular flexibility index (Phi) is 4.13. The van der Waals surface area contributed by atoms with Crippen LogP contribution in [0.4, 0.5) is 22.0 Å². The van der Waals surface area contributed by atoms with Crippen molar-refractivity contribution in [2.75, 3.05) is 0 Å². The predicted molar refractivity (Wildman–Crippen MR) is 68.2 cm³/mol. The third kappa shape index (κ3) is 2.70. The molecule has 0 aliphatic rings. The highest BCUT2D eigenvalue weighted by Gasteiger charge is 2.22. The van der Waals surface area contributed by atoms with E-state index in [4.69, 9.17) is 0 Å². The highest BCUT2D eigenvalue weighted by molar-refractivity contribution is 9.09. The molecule has 0 aliphatic heterocycles. The Hall–Kier alpha value is -1.43. The van der Waals surface area contributed by atoms with Gasteiger partial charge in [-0.15, -0.1) is 0 Å². The zero-order valence-electron chi connectivity index (χ0n) is 10.2. The van der Waals surface area contributed by atoms with Crippen molar-refractivity contribution in [1.82, 2.24) is 0 Å². The van der Waals surface area contributed by atoms with E-state index >= 15 is 0 Å². The van der Waals surface area contributed by atoms with Crippen molar-refractivity contribution in [2.45, 2.75) is 11.8 Å². The van der Waals surface area contributed by atoms with Crippen LogP contribution in [0.1, 0.15) is 21.5 Å². The molecule has 0 amide bonds. The summed E-state index contributed by atoms with van der Waals surface area (Å²) in [5.41, 5.74) is -0.170. The number of rotatable bonds is 2. The number of hydrogen-bond acceptors (Lipinski definition) is 0. The molecule has 0 fully saturated rings. The summed E-state index contributed by atoms with van der Waals surface area (Å²) >= 11 is 3.02. The Morgan fingerprint density at radius 2 is 1.15 bits per heavy atom. The summed E-state index contributed by atoms with van der Waals surface area (Å²) in [4.78, 5) is -1.06. The summed E-state index contributed by atoms with van der Waals surface area (Å²) < 4.78 is 66.6. The lowest BCUT2D eigenvalue weighted by Gasteiger charge is -2.14. The van der Waals surface area contributed by atoms with Gasteiger partial charge in [0.15, 0.2) is 11.6 Å². The van der Waals surface area contributed by atoms with Crippen molar-refractivity contribution >= 4 is 15.9 Å². The second kappa shape index (κ2) is 5.52. The van der Waals surface area contributed by atoms with Crippen LogP contribution >= 0.6 is 15.9 Å². The number of benzene rings is 2. The van der Waals surface area contributed by atoms with Gasteiger partial charge in [-0.05, 0) is 24.6 Å². The summed E-state index contributed by atoms with van der Waals surface area (Å²) in [7, 11) is 0. The zero-order valence-corrected chi connectivity index (χ0v) is 11.7. The fourth-order valence-electron chi connectivity index (χ4n) is 1.77. The first-order valence-electron chi connectivity index (χ1n) is 5.55. The third-order valence-electron chi connectivity index (χ3n) is 2.86. The minimum Gasteiger partial charge on any atom is -0.207 e. The summed E-state index contributed by atoms with van der Waals surface area (Å²) in [5.74, 6) is -5.24. The number of hydrogen-bond donors (Lipinski definition) is 0. The van der Waals surface area contributed by atoms with Crippen molar-refractivity contribution in [3.05, 3.63) is 70.0 Å². The van der Waals surface area contributed by atoms with Crippen molar-refractivity contribution in [3.63, 3.8) is 0 Å². The predicted octanol–water partition coefficient (Wildman–Crippen LogP) is 5.17. The van der Waals surface area contributed by atoms with Gasteiger partial charge in [-0.25, -0.2) is 22.0 Å². The van der Waals surface area contributed by atoms with E-state index in [1.165, 1.54) is 13.0 Å². The lowest BCUT2D eigenvalue weighted by atomic mass is 10.0. The molecular weight excluding hydrogens is 343 g/mol. The smallest absolute Gasteiger partial charge is 0.161 e. The first-order valence-corrected chi connectivity index (χ1v) is 6.47. The second-order valence-electron chi connectivity index (χ2n) is 4.27. The van der Waals surface area contributed by atoms with Crippen molar-refractivity contribution in [2.24, 2.45) is 0 Å². The molecule has 0 heterocycles. The maximum Gasteiger partial charge on any atom is 0.161 e. The Labute approximate surface area is 120 Å². The molecule has 0 bridgehead atoms. The van der Waals surface area contributed by atoms with Gasteiger partial charge in [0.1, 0.15) is 17.5 Å². The standard InChI is InChI=1S/C14H8BrF5/c1-6-2-7(10(17)4-9(6)16)14(15)8-3-12(19)13(20)5-11(8)18/h2-5,14H,1H3. The van der Waals surface area contributed by atoms with Gasteiger partial charge in [-0.3, -0.25) is 0 Å². The SMILES string of the molecule is Cc1cc(C(Br)c2cc(F)c(F)cc2F)c(F)cc1F. The monoisotopic (exact) mass is 350 g/mol. The highest BCUT2D eigenvalue weighted by Crippen LogP contribution is 2.35. The highest BCUT2D eigenvalue weighted by atomic mass is 79.9. The van der Waals surface area contributed by atoms with Crippen LogP contribution in [0.15, 0.2) is 24.3 Å². The van der Waals surface area contributed by atoms with Gasteiger partial charge < -0.3 is 0 Å². The Balaban J connectivity index is 2.54. The van der Waals surface area contributed by atoms with Gasteiger partial charge in [0.2, 0.25) is 0 Å². The van der Waals surface area contributed by atoms with E-state index in [2.05, 4.69) is 15.9 Å². The second-order valence-corrected chi connectivity index (χ2v) is 5.19. The van der Waals surface area contributed by atoms with Crippen LogP contribution in [0.5, 0.6) is 0 Å². The molecule has 6 heteroatoms. The lowest BCUT2D eigenvalue weighted by molar-refractivity contribution is 0.490. The average molecular weight is 351 g/mol. The van der Waals surface area contributed by atoms with Crippen LogP contribution < -0.4 is 0 Å². The Morgan fingerprint density at radius 3 is 1.75 bits per heavy atom. The Bertz CT molecular complexity index is 612. The molecule has 20 heavy (non-hydrogen) atoms. The molecule has 1 atom stereocenters. The van der Waals surface area contributed by atoms with E-state index in [0.29, 0.717) is 18.2 Å². The molecule has 0 saturated carbocycles. The van der Waals surface area contributed by atoms with Gasteiger partial charge in [0, 0.05) is 23.3 Å². The van der Waals surface area contributed by atoms with Crippen LogP contribution in [0.2, 0.25) is 0 Å². The topological polar surface area (TPSA) is 0 Å². The molecule has 0 aliphatic carbocycles. The first-order chi connectivity index (χ1) is 9.31. The normalized spacial score (nSPS) is 12.6. The van der Waals surface area contributed by atoms with Crippen molar-refractivity contribution in [3.8, 4) is 0 Å². The molecular formula is C14H8BrF5. The summed E-state index contributed by atoms with van der Waals surface area (Å²) in [6, 6.07) is 2.87. The summed E-state index contributed by atoms with van der Waals surface area (Å²) in [5, 5.41) is 0. The molecule has 106 valence electrons. The molecule has 0 aromatic heterocycles. The van der Waals surface area contributed by atoms with E-state index < -0.39 is 33.9 Å². The average Bonchev–Trinajstić information content (AvgIpc) is 2.37. The van der Waals surface area contributed by atoms with Crippen LogP contribution in [-0.2, 0) is 0 Å². The first kappa shape index (κ1) is 15.0. The molecule has 0 spiro atoms. The minimum atomic E-state index is -1.33. The van der Waals surface area contributed by atoms with Crippen molar-refractivity contribution in [1.29, 1.82) is 0 Å². The third-order valence-corrected chi connectivity index (χ3v) is 3.85. The Morgan fingerprint density at radius 1 is 0.700 bits per heavy atom. The molecule has 1 unspecified atom stereocenters. The number of alkyl halides is 1. The van der Waals surface area contributed by atoms with E-state index in [-0.39, 0.29) is 16.7 Å². The van der Waals surface area contributed by atoms with E-state index in [9.17, 15) is 22.0 Å². The van der Waals surface area contributed by atoms with Crippen molar-refractivity contribution < 1.29 is 22.0 Å². The minimum absolute atomic E-state index is 0.0613. The molecule has 0 nitrogen and oxygen atoms in total. The fraction of sp³-hybridized carbons (Fsp3) is 0.143. The summed E-state index contributed by atoms with van der Waals surface area (Å²) in [6.45, 7) is 1.42. The quantitative estimate of drug-likeness (QED) is 0.398. The van der Waals surface area contributed by atoms with Crippen LogP contribution in [0.25, 0.3) is 0 Å². The molecule has 0 radical (unpaired) electrons. The number of halogens is 6.